The number of rotatable bonds is 26. The van der Waals surface area contributed by atoms with Gasteiger partial charge in [-0.25, -0.2) is 14.2 Å². The third kappa shape index (κ3) is 17.8. The highest BCUT2D eigenvalue weighted by molar-refractivity contribution is 7.22. The first-order chi connectivity index (χ1) is 47.9. The fourth-order valence-corrected chi connectivity index (χ4v) is 15.0. The number of likely N-dealkylation sites (N-methyl/N-ethyl adjacent to an activating group) is 2. The largest absolute Gasteiger partial charge is 0.446 e. The maximum atomic E-state index is 14.3. The van der Waals surface area contributed by atoms with Gasteiger partial charge in [0.15, 0.2) is 5.13 Å². The van der Waals surface area contributed by atoms with Gasteiger partial charge >= 0.3 is 18.4 Å². The molecule has 3 saturated heterocycles. The van der Waals surface area contributed by atoms with Crippen LogP contribution in [0.4, 0.5) is 46.3 Å². The Morgan fingerprint density at radius 3 is 2.09 bits per heavy atom. The highest BCUT2D eigenvalue weighted by Crippen LogP contribution is 2.49. The number of anilines is 2. The number of likely N-dealkylation sites (tertiary alicyclic amines) is 2. The van der Waals surface area contributed by atoms with Gasteiger partial charge < -0.3 is 48.9 Å². The van der Waals surface area contributed by atoms with Crippen LogP contribution < -0.4 is 10.6 Å². The third-order valence-electron chi connectivity index (χ3n) is 20.0. The molecule has 1 unspecified atom stereocenters. The number of fused-ring (bicyclic) bond motifs is 3. The molecular weight excluding hydrogens is 1320 g/mol. The lowest BCUT2D eigenvalue weighted by Gasteiger charge is -2.44. The van der Waals surface area contributed by atoms with Gasteiger partial charge in [-0.3, -0.25) is 24.5 Å². The second kappa shape index (κ2) is 32.0. The van der Waals surface area contributed by atoms with Crippen molar-refractivity contribution < 1.29 is 68.9 Å². The lowest BCUT2D eigenvalue weighted by Crippen LogP contribution is -2.50. The number of para-hydroxylation sites is 1. The van der Waals surface area contributed by atoms with Crippen molar-refractivity contribution in [3.05, 3.63) is 184 Å². The van der Waals surface area contributed by atoms with Gasteiger partial charge in [-0.05, 0) is 148 Å². The average molecular weight is 1400 g/mol. The molecule has 3 aliphatic heterocycles. The summed E-state index contributed by atoms with van der Waals surface area (Å²) in [7, 11) is 5.31. The van der Waals surface area contributed by atoms with Crippen LogP contribution in [0.1, 0.15) is 113 Å². The van der Waals surface area contributed by atoms with Gasteiger partial charge in [0, 0.05) is 102 Å². The molecule has 17 nitrogen and oxygen atoms in total. The molecule has 532 valence electrons. The van der Waals surface area contributed by atoms with E-state index < -0.39 is 64.6 Å². The average Bonchev–Trinajstić information content (AvgIpc) is 1.58. The number of thiazole rings is 1. The Bertz CT molecular complexity index is 3960. The molecule has 3 fully saturated rings. The number of benzene rings is 6. The summed E-state index contributed by atoms with van der Waals surface area (Å²) in [5.74, 6) is -1.85. The minimum Gasteiger partial charge on any atom is -0.446 e. The van der Waals surface area contributed by atoms with Gasteiger partial charge in [0.2, 0.25) is 11.8 Å². The Hall–Kier alpha value is -8.49. The fraction of sp³-hybridized carbons (Fsp3) is 0.440. The Balaban J connectivity index is 0.576. The highest BCUT2D eigenvalue weighted by atomic mass is 32.1. The van der Waals surface area contributed by atoms with E-state index in [0.29, 0.717) is 107 Å². The topological polar surface area (TPSA) is 169 Å². The van der Waals surface area contributed by atoms with Crippen LogP contribution in [0.5, 0.6) is 0 Å². The quantitative estimate of drug-likeness (QED) is 0.0389. The van der Waals surface area contributed by atoms with Crippen molar-refractivity contribution in [3.8, 4) is 11.1 Å². The summed E-state index contributed by atoms with van der Waals surface area (Å²) in [6.45, 7) is 5.24. The van der Waals surface area contributed by atoms with E-state index in [2.05, 4.69) is 32.6 Å². The van der Waals surface area contributed by atoms with Crippen LogP contribution in [0.2, 0.25) is 0 Å². The molecule has 6 aromatic carbocycles. The molecule has 100 heavy (non-hydrogen) atoms. The maximum absolute atomic E-state index is 14.3. The third-order valence-corrected chi connectivity index (χ3v) is 20.9. The predicted octanol–water partition coefficient (Wildman–Crippen LogP) is 13.6. The number of halogens is 7. The summed E-state index contributed by atoms with van der Waals surface area (Å²) >= 11 is 1.48. The van der Waals surface area contributed by atoms with Gasteiger partial charge in [0.05, 0.1) is 39.7 Å². The molecule has 4 aliphatic rings. The number of piperidine rings is 2. The molecule has 0 saturated carbocycles. The summed E-state index contributed by atoms with van der Waals surface area (Å²) in [5, 5.41) is 7.09. The minimum atomic E-state index is -5.15. The normalized spacial score (nSPS) is 18.1. The number of amides is 5. The van der Waals surface area contributed by atoms with Crippen LogP contribution >= 0.6 is 11.3 Å². The standard InChI is InChI=1S/C75H84F7N9O8S/c1-86(67(93)48-97-65-46-52-17-9-11-19-61(52)72(65)30-38-90(39-31-72)40-32-73(55-23-25-58(76)26-24-55)49-91(50-98-73)69(95)54-43-56(74(77,78)79)47-57(44-54)75(80,81)82)34-14-35-88(3)68(94)53-22-27-63-64(45-53)100-70(84-63)83-33-13-5-8-21-66(92)87(2)41-42-89-36-28-59(29-37-89)99-71(96)85-62-20-12-10-18-60(62)51-15-6-4-7-16-51/h4,6-7,9-12,15-20,22-27,43-45,47,59,65H,5,8,13-14,21,28-42,46,48-50H2,1-3H3,(H,83,84)(H,85,96)/t65?,73-/m0/s1. The molecule has 0 radical (unpaired) electrons. The monoisotopic (exact) mass is 1400 g/mol. The summed E-state index contributed by atoms with van der Waals surface area (Å²) in [6.07, 6.45) is -4.11. The molecule has 2 atom stereocenters. The number of carbonyl (C=O) groups is 5. The number of unbranched alkanes of at least 4 members (excludes halogenated alkanes) is 2. The molecule has 1 aromatic heterocycles. The fourth-order valence-electron chi connectivity index (χ4n) is 14.1. The number of hydrogen-bond acceptors (Lipinski definition) is 13. The molecule has 0 bridgehead atoms. The SMILES string of the molecule is CN(CCN1CCC(OC(=O)Nc2ccccc2-c2ccccc2)CC1)C(=O)CCCCCNc1nc2ccc(C(=O)N(C)CCCN(C)C(=O)COC3Cc4ccccc4C34CCN(CC[C@@]3(c5ccc(F)cc5)CN(C(=O)c5cc(C(F)(F)F)cc(C(F)(F)F)c5)CO3)CC4)cc2s1. The maximum Gasteiger partial charge on any atom is 0.416 e. The lowest BCUT2D eigenvalue weighted by molar-refractivity contribution is -0.143. The molecule has 11 rings (SSSR count). The van der Waals surface area contributed by atoms with Crippen molar-refractivity contribution in [2.45, 2.75) is 106 Å². The Morgan fingerprint density at radius 2 is 1.36 bits per heavy atom. The van der Waals surface area contributed by atoms with Crippen LogP contribution in [-0.4, -0.2) is 183 Å². The predicted molar refractivity (Wildman–Crippen MR) is 368 cm³/mol. The van der Waals surface area contributed by atoms with E-state index in [4.69, 9.17) is 19.2 Å². The first-order valence-corrected chi connectivity index (χ1v) is 34.9. The number of carbonyl (C=O) groups excluding carboxylic acids is 5. The van der Waals surface area contributed by atoms with Crippen molar-refractivity contribution in [3.63, 3.8) is 0 Å². The molecule has 7 aromatic rings. The first kappa shape index (κ1) is 72.8. The number of ether oxygens (including phenoxy) is 3. The number of nitrogens with zero attached hydrogens (tertiary/aromatic N) is 7. The zero-order chi connectivity index (χ0) is 70.8. The van der Waals surface area contributed by atoms with Crippen molar-refractivity contribution in [2.24, 2.45) is 0 Å². The van der Waals surface area contributed by atoms with Crippen molar-refractivity contribution in [1.29, 1.82) is 0 Å². The molecule has 2 N–H and O–H groups in total. The Labute approximate surface area is 581 Å². The van der Waals surface area contributed by atoms with E-state index in [1.807, 2.05) is 85.9 Å². The summed E-state index contributed by atoms with van der Waals surface area (Å²) in [4.78, 5) is 82.5. The summed E-state index contributed by atoms with van der Waals surface area (Å²) in [6, 6.07) is 37.4. The summed E-state index contributed by atoms with van der Waals surface area (Å²) < 4.78 is 117. The number of alkyl halides is 6. The van der Waals surface area contributed by atoms with E-state index in [9.17, 15) is 54.7 Å². The molecule has 1 aliphatic carbocycles. The number of nitrogens with one attached hydrogen (secondary N) is 2. The van der Waals surface area contributed by atoms with Gasteiger partial charge in [-0.2, -0.15) is 26.3 Å². The van der Waals surface area contributed by atoms with Crippen LogP contribution in [-0.2, 0) is 53.6 Å². The van der Waals surface area contributed by atoms with Gasteiger partial charge in [0.25, 0.3) is 11.8 Å². The van der Waals surface area contributed by atoms with E-state index >= 15 is 0 Å². The van der Waals surface area contributed by atoms with Crippen molar-refractivity contribution in [1.82, 2.24) is 34.4 Å². The molecule has 4 heterocycles. The Morgan fingerprint density at radius 1 is 0.690 bits per heavy atom. The van der Waals surface area contributed by atoms with Crippen molar-refractivity contribution >= 4 is 62.1 Å². The Kier molecular flexibility index (Phi) is 23.3. The molecule has 5 amide bonds. The van der Waals surface area contributed by atoms with Gasteiger partial charge in [0.1, 0.15) is 30.9 Å². The molecule has 25 heteroatoms. The lowest BCUT2D eigenvalue weighted by atomic mass is 9.72. The zero-order valence-corrected chi connectivity index (χ0v) is 57.2. The van der Waals surface area contributed by atoms with E-state index in [1.54, 1.807) is 34.9 Å². The van der Waals surface area contributed by atoms with E-state index in [-0.39, 0.29) is 55.6 Å². The first-order valence-electron chi connectivity index (χ1n) is 34.1. The summed E-state index contributed by atoms with van der Waals surface area (Å²) in [5.41, 5.74) is 1.04. The number of aromatic nitrogens is 1. The number of hydrogen-bond donors (Lipinski definition) is 2. The van der Waals surface area contributed by atoms with E-state index in [1.165, 1.54) is 35.6 Å². The van der Waals surface area contributed by atoms with Gasteiger partial charge in [-0.15, -0.1) is 0 Å². The van der Waals surface area contributed by atoms with Crippen LogP contribution in [0.3, 0.4) is 0 Å². The van der Waals surface area contributed by atoms with Gasteiger partial charge in [-0.1, -0.05) is 103 Å². The molecular formula is C75H84F7N9O8S. The van der Waals surface area contributed by atoms with E-state index in [0.717, 1.165) is 94.2 Å². The molecule has 1 spiro atoms. The van der Waals surface area contributed by atoms with Crippen LogP contribution in [0.15, 0.2) is 140 Å². The van der Waals surface area contributed by atoms with Crippen LogP contribution in [0.25, 0.3) is 21.3 Å². The minimum absolute atomic E-state index is 0.0286. The highest BCUT2D eigenvalue weighted by Gasteiger charge is 2.50. The smallest absolute Gasteiger partial charge is 0.416 e. The second-order valence-electron chi connectivity index (χ2n) is 26.6. The van der Waals surface area contributed by atoms with Crippen molar-refractivity contribution in [2.75, 3.05) is 117 Å². The zero-order valence-electron chi connectivity index (χ0n) is 56.4. The van der Waals surface area contributed by atoms with Crippen LogP contribution in [0, 0.1) is 5.82 Å². The second-order valence-corrected chi connectivity index (χ2v) is 27.6.